The molecule has 9 heteroatoms. The first-order valence-corrected chi connectivity index (χ1v) is 14.7. The summed E-state index contributed by atoms with van der Waals surface area (Å²) in [5.41, 5.74) is 5.19. The number of aliphatic hydroxyl groups is 1. The highest BCUT2D eigenvalue weighted by atomic mass is 31.2. The van der Waals surface area contributed by atoms with E-state index in [-0.39, 0.29) is 19.6 Å². The van der Waals surface area contributed by atoms with Crippen LogP contribution in [0.15, 0.2) is 48.6 Å². The lowest BCUT2D eigenvalue weighted by Gasteiger charge is -2.17. The molecular formula is C27H48NO7P. The summed E-state index contributed by atoms with van der Waals surface area (Å²) in [7, 11) is -4.28. The van der Waals surface area contributed by atoms with Gasteiger partial charge in [0.2, 0.25) is 0 Å². The number of hydrogen-bond acceptors (Lipinski definition) is 7. The van der Waals surface area contributed by atoms with Gasteiger partial charge < -0.3 is 20.5 Å². The summed E-state index contributed by atoms with van der Waals surface area (Å²) in [5.74, 6) is -0.481. The average molecular weight is 530 g/mol. The summed E-state index contributed by atoms with van der Waals surface area (Å²) >= 11 is 0. The number of esters is 1. The molecule has 0 aromatic heterocycles. The predicted octanol–water partition coefficient (Wildman–Crippen LogP) is 5.91. The Morgan fingerprint density at radius 1 is 0.861 bits per heavy atom. The number of allylic oxidation sites excluding steroid dienone is 8. The Hall–Kier alpha value is -1.54. The number of carbonyl (C=O) groups excluding carboxylic acids is 1. The highest BCUT2D eigenvalue weighted by Crippen LogP contribution is 2.42. The van der Waals surface area contributed by atoms with E-state index in [9.17, 15) is 19.4 Å². The SMILES string of the molecule is CCCCC/C=C\C/C=C\C/C=C\C/C=C\CCCCCC(=O)O[C@H](CO)COP(=O)(O)OCCN. The fraction of sp³-hybridized carbons (Fsp3) is 0.667. The van der Waals surface area contributed by atoms with Crippen LogP contribution in [-0.4, -0.2) is 48.4 Å². The molecule has 0 spiro atoms. The minimum Gasteiger partial charge on any atom is -0.457 e. The minimum absolute atomic E-state index is 0.0642. The second kappa shape index (κ2) is 25.1. The summed E-state index contributed by atoms with van der Waals surface area (Å²) in [6, 6.07) is 0. The van der Waals surface area contributed by atoms with Crippen LogP contribution in [0, 0.1) is 0 Å². The molecule has 0 rings (SSSR count). The Morgan fingerprint density at radius 2 is 1.42 bits per heavy atom. The molecular weight excluding hydrogens is 481 g/mol. The molecule has 0 aliphatic rings. The van der Waals surface area contributed by atoms with Gasteiger partial charge in [0.25, 0.3) is 0 Å². The molecule has 8 nitrogen and oxygen atoms in total. The van der Waals surface area contributed by atoms with Crippen LogP contribution in [0.5, 0.6) is 0 Å². The number of phosphoric ester groups is 1. The molecule has 0 saturated heterocycles. The zero-order valence-corrected chi connectivity index (χ0v) is 22.9. The molecule has 36 heavy (non-hydrogen) atoms. The van der Waals surface area contributed by atoms with Gasteiger partial charge in [-0.1, -0.05) is 74.8 Å². The van der Waals surface area contributed by atoms with Crippen LogP contribution in [0.25, 0.3) is 0 Å². The zero-order chi connectivity index (χ0) is 26.7. The molecule has 0 bridgehead atoms. The molecule has 0 aromatic carbocycles. The zero-order valence-electron chi connectivity index (χ0n) is 22.0. The van der Waals surface area contributed by atoms with Crippen LogP contribution in [0.4, 0.5) is 0 Å². The normalized spacial score (nSPS) is 14.9. The maximum absolute atomic E-state index is 11.9. The third-order valence-corrected chi connectivity index (χ3v) is 5.99. The first-order chi connectivity index (χ1) is 17.4. The van der Waals surface area contributed by atoms with E-state index in [0.29, 0.717) is 6.42 Å². The van der Waals surface area contributed by atoms with Gasteiger partial charge >= 0.3 is 13.8 Å². The van der Waals surface area contributed by atoms with Crippen LogP contribution < -0.4 is 5.73 Å². The van der Waals surface area contributed by atoms with E-state index >= 15 is 0 Å². The van der Waals surface area contributed by atoms with Gasteiger partial charge in [-0.2, -0.15) is 0 Å². The molecule has 0 amide bonds. The Labute approximate surface area is 217 Å². The van der Waals surface area contributed by atoms with E-state index in [4.69, 9.17) is 15.0 Å². The van der Waals surface area contributed by atoms with Crippen molar-refractivity contribution in [2.45, 2.75) is 90.1 Å². The maximum Gasteiger partial charge on any atom is 0.472 e. The Bertz CT molecular complexity index is 692. The lowest BCUT2D eigenvalue weighted by Crippen LogP contribution is -2.27. The first-order valence-electron chi connectivity index (χ1n) is 13.2. The van der Waals surface area contributed by atoms with E-state index < -0.39 is 33.1 Å². The third kappa shape index (κ3) is 24.2. The van der Waals surface area contributed by atoms with Crippen molar-refractivity contribution in [3.63, 3.8) is 0 Å². The summed E-state index contributed by atoms with van der Waals surface area (Å²) < 4.78 is 25.9. The molecule has 4 N–H and O–H groups in total. The summed E-state index contributed by atoms with van der Waals surface area (Å²) in [6.07, 6.45) is 28.2. The Kier molecular flexibility index (Phi) is 24.0. The standard InChI is InChI=1S/C27H48NO7P/c1-2-3-4-5-6-7-8-9-10-11-12-13-14-15-16-17-18-19-20-21-27(30)35-26(24-29)25-34-36(31,32)33-23-22-28/h6-7,9-10,12-13,15-16,26,29H,2-5,8,11,14,17-25,28H2,1H3,(H,31,32)/b7-6-,10-9-,13-12-,16-15-/t26-/m1/s1. The molecule has 0 aromatic rings. The molecule has 2 atom stereocenters. The van der Waals surface area contributed by atoms with Crippen molar-refractivity contribution in [2.24, 2.45) is 5.73 Å². The number of rotatable bonds is 24. The smallest absolute Gasteiger partial charge is 0.457 e. The Balaban J connectivity index is 3.74. The van der Waals surface area contributed by atoms with Crippen molar-refractivity contribution in [3.8, 4) is 0 Å². The van der Waals surface area contributed by atoms with Crippen molar-refractivity contribution in [1.29, 1.82) is 0 Å². The molecule has 208 valence electrons. The van der Waals surface area contributed by atoms with Crippen molar-refractivity contribution < 1.29 is 33.1 Å². The number of aliphatic hydroxyl groups excluding tert-OH is 1. The van der Waals surface area contributed by atoms with Gasteiger partial charge in [0.1, 0.15) is 6.10 Å². The van der Waals surface area contributed by atoms with Crippen LogP contribution in [0.2, 0.25) is 0 Å². The topological polar surface area (TPSA) is 128 Å². The van der Waals surface area contributed by atoms with Gasteiger partial charge in [-0.25, -0.2) is 4.57 Å². The number of carbonyl (C=O) groups is 1. The largest absolute Gasteiger partial charge is 0.472 e. The number of ether oxygens (including phenoxy) is 1. The molecule has 0 radical (unpaired) electrons. The molecule has 0 aliphatic heterocycles. The van der Waals surface area contributed by atoms with Gasteiger partial charge in [-0.3, -0.25) is 13.8 Å². The molecule has 0 saturated carbocycles. The lowest BCUT2D eigenvalue weighted by atomic mass is 10.1. The minimum atomic E-state index is -4.28. The maximum atomic E-state index is 11.9. The van der Waals surface area contributed by atoms with Gasteiger partial charge in [0.15, 0.2) is 0 Å². The highest BCUT2D eigenvalue weighted by molar-refractivity contribution is 7.47. The van der Waals surface area contributed by atoms with Crippen molar-refractivity contribution in [2.75, 3.05) is 26.4 Å². The average Bonchev–Trinajstić information content (AvgIpc) is 2.86. The molecule has 0 aliphatic carbocycles. The third-order valence-electron chi connectivity index (χ3n) is 5.01. The van der Waals surface area contributed by atoms with Gasteiger partial charge in [-0.15, -0.1) is 0 Å². The van der Waals surface area contributed by atoms with E-state index in [1.165, 1.54) is 25.7 Å². The molecule has 0 heterocycles. The van der Waals surface area contributed by atoms with Crippen molar-refractivity contribution in [1.82, 2.24) is 0 Å². The van der Waals surface area contributed by atoms with Crippen LogP contribution >= 0.6 is 7.82 Å². The first kappa shape index (κ1) is 34.5. The monoisotopic (exact) mass is 529 g/mol. The highest BCUT2D eigenvalue weighted by Gasteiger charge is 2.24. The predicted molar refractivity (Wildman–Crippen MR) is 145 cm³/mol. The van der Waals surface area contributed by atoms with Gasteiger partial charge in [0.05, 0.1) is 19.8 Å². The Morgan fingerprint density at radius 3 is 1.94 bits per heavy atom. The van der Waals surface area contributed by atoms with Crippen LogP contribution in [-0.2, 0) is 23.1 Å². The fourth-order valence-corrected chi connectivity index (χ4v) is 3.79. The summed E-state index contributed by atoms with van der Waals surface area (Å²) in [4.78, 5) is 21.3. The number of unbranched alkanes of at least 4 members (excludes halogenated alkanes) is 6. The van der Waals surface area contributed by atoms with Gasteiger partial charge in [-0.05, 0) is 51.4 Å². The number of hydrogen-bond donors (Lipinski definition) is 3. The summed E-state index contributed by atoms with van der Waals surface area (Å²) in [6.45, 7) is 1.19. The van der Waals surface area contributed by atoms with Crippen LogP contribution in [0.3, 0.4) is 0 Å². The molecule has 0 fully saturated rings. The van der Waals surface area contributed by atoms with Crippen LogP contribution in [0.1, 0.15) is 84.0 Å². The second-order valence-corrected chi connectivity index (χ2v) is 9.82. The second-order valence-electron chi connectivity index (χ2n) is 8.37. The molecule has 1 unspecified atom stereocenters. The summed E-state index contributed by atoms with van der Waals surface area (Å²) in [5, 5.41) is 9.27. The quantitative estimate of drug-likeness (QED) is 0.0609. The van der Waals surface area contributed by atoms with Crippen molar-refractivity contribution >= 4 is 13.8 Å². The lowest BCUT2D eigenvalue weighted by molar-refractivity contribution is -0.153. The number of phosphoric acid groups is 1. The van der Waals surface area contributed by atoms with Gasteiger partial charge in [0, 0.05) is 13.0 Å². The van der Waals surface area contributed by atoms with E-state index in [1.54, 1.807) is 0 Å². The van der Waals surface area contributed by atoms with E-state index in [1.807, 2.05) is 0 Å². The van der Waals surface area contributed by atoms with E-state index in [0.717, 1.165) is 38.5 Å². The van der Waals surface area contributed by atoms with Crippen molar-refractivity contribution in [3.05, 3.63) is 48.6 Å². The number of nitrogens with two attached hydrogens (primary N) is 1. The fourth-order valence-electron chi connectivity index (χ4n) is 3.02. The van der Waals surface area contributed by atoms with E-state index in [2.05, 4.69) is 60.1 Å².